The lowest BCUT2D eigenvalue weighted by atomic mass is 9.96. The Labute approximate surface area is 129 Å². The minimum Gasteiger partial charge on any atom is -0.384 e. The van der Waals surface area contributed by atoms with E-state index in [1.165, 1.54) is 19.1 Å². The van der Waals surface area contributed by atoms with E-state index >= 15 is 0 Å². The van der Waals surface area contributed by atoms with E-state index in [2.05, 4.69) is 5.32 Å². The number of aliphatic hydroxyl groups is 1. The van der Waals surface area contributed by atoms with Gasteiger partial charge in [-0.05, 0) is 24.6 Å². The third kappa shape index (κ3) is 3.87. The molecule has 1 amide bonds. The van der Waals surface area contributed by atoms with Gasteiger partial charge < -0.3 is 10.4 Å². The molecule has 1 unspecified atom stereocenters. The number of carbonyl (C=O) groups excluding carboxylic acids is 1. The highest BCUT2D eigenvalue weighted by Gasteiger charge is 2.26. The molecule has 0 aliphatic heterocycles. The maximum absolute atomic E-state index is 13.5. The van der Waals surface area contributed by atoms with Crippen LogP contribution in [0.4, 0.5) is 17.6 Å². The van der Waals surface area contributed by atoms with Crippen molar-refractivity contribution in [1.82, 2.24) is 5.32 Å². The maximum Gasteiger partial charge on any atom is 0.257 e. The molecule has 23 heavy (non-hydrogen) atoms. The van der Waals surface area contributed by atoms with Gasteiger partial charge in [-0.3, -0.25) is 4.79 Å². The molecule has 2 aromatic carbocycles. The molecule has 2 aromatic rings. The molecule has 0 saturated heterocycles. The fraction of sp³-hybridized carbons (Fsp3) is 0.188. The molecule has 122 valence electrons. The molecule has 3 nitrogen and oxygen atoms in total. The SMILES string of the molecule is CC(O)(CNC(=O)c1c(F)cc(F)cc1F)c1ccc(F)cc1. The maximum atomic E-state index is 13.5. The van der Waals surface area contributed by atoms with Gasteiger partial charge in [0.2, 0.25) is 0 Å². The van der Waals surface area contributed by atoms with Crippen molar-refractivity contribution in [3.05, 3.63) is 70.8 Å². The highest BCUT2D eigenvalue weighted by Crippen LogP contribution is 2.21. The molecule has 0 fully saturated rings. The Hall–Kier alpha value is -2.41. The van der Waals surface area contributed by atoms with Gasteiger partial charge in [0.1, 0.15) is 34.4 Å². The second kappa shape index (κ2) is 6.37. The van der Waals surface area contributed by atoms with Gasteiger partial charge in [0.05, 0.1) is 6.54 Å². The zero-order valence-corrected chi connectivity index (χ0v) is 12.0. The molecule has 0 aliphatic carbocycles. The molecule has 0 heterocycles. The lowest BCUT2D eigenvalue weighted by molar-refractivity contribution is 0.0523. The highest BCUT2D eigenvalue weighted by molar-refractivity contribution is 5.94. The van der Waals surface area contributed by atoms with Crippen molar-refractivity contribution in [1.29, 1.82) is 0 Å². The van der Waals surface area contributed by atoms with E-state index in [1.807, 2.05) is 0 Å². The molecule has 0 aromatic heterocycles. The topological polar surface area (TPSA) is 49.3 Å². The van der Waals surface area contributed by atoms with Crippen molar-refractivity contribution >= 4 is 5.91 Å². The molecule has 0 spiro atoms. The normalized spacial score (nSPS) is 13.5. The number of benzene rings is 2. The number of amides is 1. The first-order valence-electron chi connectivity index (χ1n) is 6.62. The summed E-state index contributed by atoms with van der Waals surface area (Å²) in [6, 6.07) is 5.67. The average Bonchev–Trinajstić information content (AvgIpc) is 2.44. The van der Waals surface area contributed by atoms with E-state index in [1.54, 1.807) is 0 Å². The molecule has 0 radical (unpaired) electrons. The van der Waals surface area contributed by atoms with E-state index in [-0.39, 0.29) is 6.54 Å². The fourth-order valence-electron chi connectivity index (χ4n) is 2.01. The largest absolute Gasteiger partial charge is 0.384 e. The van der Waals surface area contributed by atoms with Gasteiger partial charge in [0.15, 0.2) is 0 Å². The van der Waals surface area contributed by atoms with Crippen molar-refractivity contribution in [2.75, 3.05) is 6.54 Å². The summed E-state index contributed by atoms with van der Waals surface area (Å²) in [5, 5.41) is 12.4. The van der Waals surface area contributed by atoms with Gasteiger partial charge in [0.25, 0.3) is 5.91 Å². The standard InChI is InChI=1S/C16H13F4NO2/c1-16(23,9-2-4-10(17)5-3-9)8-21-15(22)14-12(19)6-11(18)7-13(14)20/h2-7,23H,8H2,1H3,(H,21,22). The van der Waals surface area contributed by atoms with Gasteiger partial charge in [-0.1, -0.05) is 12.1 Å². The van der Waals surface area contributed by atoms with Crippen LogP contribution in [-0.4, -0.2) is 17.6 Å². The molecular weight excluding hydrogens is 314 g/mol. The van der Waals surface area contributed by atoms with E-state index in [0.29, 0.717) is 17.7 Å². The van der Waals surface area contributed by atoms with Gasteiger partial charge in [-0.25, -0.2) is 17.6 Å². The predicted molar refractivity (Wildman–Crippen MR) is 74.6 cm³/mol. The Kier molecular flexibility index (Phi) is 4.70. The van der Waals surface area contributed by atoms with E-state index in [0.717, 1.165) is 12.1 Å². The summed E-state index contributed by atoms with van der Waals surface area (Å²) in [5.74, 6) is -5.47. The second-order valence-electron chi connectivity index (χ2n) is 5.21. The highest BCUT2D eigenvalue weighted by atomic mass is 19.1. The lowest BCUT2D eigenvalue weighted by Crippen LogP contribution is -2.39. The Morgan fingerprint density at radius 1 is 1.04 bits per heavy atom. The quantitative estimate of drug-likeness (QED) is 0.849. The minimum absolute atomic E-state index is 0.305. The van der Waals surface area contributed by atoms with Crippen LogP contribution >= 0.6 is 0 Å². The molecule has 0 aliphatic rings. The summed E-state index contributed by atoms with van der Waals surface area (Å²) < 4.78 is 52.7. The van der Waals surface area contributed by atoms with E-state index in [4.69, 9.17) is 0 Å². The number of hydrogen-bond acceptors (Lipinski definition) is 2. The van der Waals surface area contributed by atoms with Crippen LogP contribution in [0.2, 0.25) is 0 Å². The molecule has 7 heteroatoms. The first-order valence-corrected chi connectivity index (χ1v) is 6.62. The summed E-state index contributed by atoms with van der Waals surface area (Å²) in [4.78, 5) is 11.8. The van der Waals surface area contributed by atoms with Crippen molar-refractivity contribution in [3.63, 3.8) is 0 Å². The van der Waals surface area contributed by atoms with Crippen molar-refractivity contribution in [2.45, 2.75) is 12.5 Å². The fourth-order valence-corrected chi connectivity index (χ4v) is 2.01. The molecule has 1 atom stereocenters. The van der Waals surface area contributed by atoms with Crippen LogP contribution in [0.1, 0.15) is 22.8 Å². The summed E-state index contributed by atoms with van der Waals surface area (Å²) in [5.41, 5.74) is -2.23. The smallest absolute Gasteiger partial charge is 0.257 e. The van der Waals surface area contributed by atoms with Crippen LogP contribution in [-0.2, 0) is 5.60 Å². The average molecular weight is 327 g/mol. The Balaban J connectivity index is 2.14. The first-order chi connectivity index (χ1) is 10.7. The van der Waals surface area contributed by atoms with Crippen LogP contribution in [0.3, 0.4) is 0 Å². The van der Waals surface area contributed by atoms with Gasteiger partial charge in [0, 0.05) is 12.1 Å². The van der Waals surface area contributed by atoms with Crippen LogP contribution in [0.5, 0.6) is 0 Å². The van der Waals surface area contributed by atoms with Crippen molar-refractivity contribution in [3.8, 4) is 0 Å². The number of hydrogen-bond donors (Lipinski definition) is 2. The minimum atomic E-state index is -1.59. The number of halogens is 4. The van der Waals surface area contributed by atoms with Gasteiger partial charge in [-0.2, -0.15) is 0 Å². The summed E-state index contributed by atoms with van der Waals surface area (Å²) in [6.07, 6.45) is 0. The zero-order valence-electron chi connectivity index (χ0n) is 12.0. The number of carbonyl (C=O) groups is 1. The predicted octanol–water partition coefficient (Wildman–Crippen LogP) is 2.88. The second-order valence-corrected chi connectivity index (χ2v) is 5.21. The van der Waals surface area contributed by atoms with Crippen molar-refractivity contribution in [2.24, 2.45) is 0 Å². The number of nitrogens with one attached hydrogen (secondary N) is 1. The summed E-state index contributed by atoms with van der Waals surface area (Å²) >= 11 is 0. The van der Waals surface area contributed by atoms with Crippen LogP contribution in [0, 0.1) is 23.3 Å². The Bertz CT molecular complexity index is 706. The molecule has 2 N–H and O–H groups in total. The molecular formula is C16H13F4NO2. The van der Waals surface area contributed by atoms with Crippen LogP contribution in [0.25, 0.3) is 0 Å². The van der Waals surface area contributed by atoms with Gasteiger partial charge in [-0.15, -0.1) is 0 Å². The van der Waals surface area contributed by atoms with Crippen molar-refractivity contribution < 1.29 is 27.5 Å². The summed E-state index contributed by atoms with van der Waals surface area (Å²) in [6.45, 7) is 0.964. The van der Waals surface area contributed by atoms with Gasteiger partial charge >= 0.3 is 0 Å². The number of rotatable bonds is 4. The van der Waals surface area contributed by atoms with E-state index < -0.39 is 40.3 Å². The third-order valence-corrected chi connectivity index (χ3v) is 3.29. The Morgan fingerprint density at radius 2 is 1.57 bits per heavy atom. The van der Waals surface area contributed by atoms with Crippen LogP contribution in [0.15, 0.2) is 36.4 Å². The zero-order chi connectivity index (χ0) is 17.2. The molecule has 0 bridgehead atoms. The molecule has 2 rings (SSSR count). The van der Waals surface area contributed by atoms with Crippen LogP contribution < -0.4 is 5.32 Å². The lowest BCUT2D eigenvalue weighted by Gasteiger charge is -2.24. The third-order valence-electron chi connectivity index (χ3n) is 3.29. The van der Waals surface area contributed by atoms with E-state index in [9.17, 15) is 27.5 Å². The molecule has 0 saturated carbocycles. The monoisotopic (exact) mass is 327 g/mol. The Morgan fingerprint density at radius 3 is 2.09 bits per heavy atom. The first kappa shape index (κ1) is 17.0. The summed E-state index contributed by atoms with van der Waals surface area (Å²) in [7, 11) is 0.